The Balaban J connectivity index is 3.07. The third-order valence-corrected chi connectivity index (χ3v) is 1.89. The number of rotatable bonds is 1. The topological polar surface area (TPSA) is 22.1 Å². The molecule has 0 aliphatic rings. The first kappa shape index (κ1) is 8.07. The molecular weight excluding hydrogens is 264 g/mol. The fourth-order valence-corrected chi connectivity index (χ4v) is 1.41. The third kappa shape index (κ3) is 1.73. The molecule has 0 aromatic carbocycles. The SMILES string of the molecule is COc1cnc(I)cc1Cl. The molecule has 54 valence electrons. The van der Waals surface area contributed by atoms with E-state index >= 15 is 0 Å². The Morgan fingerprint density at radius 3 is 2.90 bits per heavy atom. The van der Waals surface area contributed by atoms with Crippen LogP contribution in [0.4, 0.5) is 0 Å². The monoisotopic (exact) mass is 269 g/mol. The number of hydrogen-bond donors (Lipinski definition) is 0. The number of halogens is 2. The summed E-state index contributed by atoms with van der Waals surface area (Å²) in [6.45, 7) is 0. The maximum atomic E-state index is 5.76. The van der Waals surface area contributed by atoms with E-state index in [0.29, 0.717) is 10.8 Å². The van der Waals surface area contributed by atoms with Crippen molar-refractivity contribution in [2.75, 3.05) is 7.11 Å². The number of pyridine rings is 1. The van der Waals surface area contributed by atoms with E-state index in [0.717, 1.165) is 3.70 Å². The van der Waals surface area contributed by atoms with Crippen molar-refractivity contribution < 1.29 is 4.74 Å². The first-order valence-corrected chi connectivity index (χ1v) is 4.04. The van der Waals surface area contributed by atoms with Gasteiger partial charge in [-0.15, -0.1) is 0 Å². The Bertz CT molecular complexity index is 241. The molecule has 0 fully saturated rings. The molecule has 0 bridgehead atoms. The molecule has 0 saturated heterocycles. The van der Waals surface area contributed by atoms with Crippen LogP contribution < -0.4 is 4.74 Å². The van der Waals surface area contributed by atoms with Gasteiger partial charge in [-0.2, -0.15) is 0 Å². The van der Waals surface area contributed by atoms with Crippen LogP contribution in [0.2, 0.25) is 5.02 Å². The van der Waals surface area contributed by atoms with Crippen molar-refractivity contribution in [2.45, 2.75) is 0 Å². The van der Waals surface area contributed by atoms with Gasteiger partial charge in [0.2, 0.25) is 0 Å². The van der Waals surface area contributed by atoms with Gasteiger partial charge < -0.3 is 4.74 Å². The van der Waals surface area contributed by atoms with E-state index in [-0.39, 0.29) is 0 Å². The molecule has 1 rings (SSSR count). The molecule has 10 heavy (non-hydrogen) atoms. The van der Waals surface area contributed by atoms with Crippen molar-refractivity contribution in [1.82, 2.24) is 4.98 Å². The molecular formula is C6H5ClINO. The van der Waals surface area contributed by atoms with Gasteiger partial charge in [0, 0.05) is 0 Å². The first-order chi connectivity index (χ1) is 4.74. The van der Waals surface area contributed by atoms with Crippen LogP contribution in [0, 0.1) is 3.70 Å². The second-order valence-corrected chi connectivity index (χ2v) is 3.15. The van der Waals surface area contributed by atoms with Gasteiger partial charge in [0.25, 0.3) is 0 Å². The molecule has 0 saturated carbocycles. The van der Waals surface area contributed by atoms with Crippen molar-refractivity contribution in [3.8, 4) is 5.75 Å². The highest BCUT2D eigenvalue weighted by molar-refractivity contribution is 14.1. The van der Waals surface area contributed by atoms with Crippen molar-refractivity contribution in [1.29, 1.82) is 0 Å². The summed E-state index contributed by atoms with van der Waals surface area (Å²) in [5, 5.41) is 0.599. The summed E-state index contributed by atoms with van der Waals surface area (Å²) >= 11 is 7.85. The van der Waals surface area contributed by atoms with Crippen LogP contribution >= 0.6 is 34.2 Å². The molecule has 0 radical (unpaired) electrons. The number of nitrogens with zero attached hydrogens (tertiary/aromatic N) is 1. The molecule has 0 amide bonds. The van der Waals surface area contributed by atoms with Gasteiger partial charge in [0.15, 0.2) is 5.75 Å². The lowest BCUT2D eigenvalue weighted by atomic mass is 10.5. The summed E-state index contributed by atoms with van der Waals surface area (Å²) < 4.78 is 5.77. The lowest BCUT2D eigenvalue weighted by Gasteiger charge is -2.00. The highest BCUT2D eigenvalue weighted by atomic mass is 127. The predicted octanol–water partition coefficient (Wildman–Crippen LogP) is 2.35. The summed E-state index contributed by atoms with van der Waals surface area (Å²) in [5.74, 6) is 0.613. The second kappa shape index (κ2) is 3.39. The van der Waals surface area contributed by atoms with Gasteiger partial charge >= 0.3 is 0 Å². The Morgan fingerprint density at radius 1 is 1.70 bits per heavy atom. The maximum Gasteiger partial charge on any atom is 0.155 e. The highest BCUT2D eigenvalue weighted by Crippen LogP contribution is 2.23. The molecule has 0 N–H and O–H groups in total. The van der Waals surface area contributed by atoms with E-state index in [4.69, 9.17) is 16.3 Å². The summed E-state index contributed by atoms with van der Waals surface area (Å²) in [4.78, 5) is 3.99. The second-order valence-electron chi connectivity index (χ2n) is 1.64. The van der Waals surface area contributed by atoms with Crippen LogP contribution in [-0.4, -0.2) is 12.1 Å². The van der Waals surface area contributed by atoms with Crippen LogP contribution in [-0.2, 0) is 0 Å². The summed E-state index contributed by atoms with van der Waals surface area (Å²) in [7, 11) is 1.57. The summed E-state index contributed by atoms with van der Waals surface area (Å²) in [6.07, 6.45) is 1.60. The standard InChI is InChI=1S/C6H5ClINO/c1-10-5-3-9-6(8)2-4(5)7/h2-3H,1H3. The average Bonchev–Trinajstić information content (AvgIpc) is 1.88. The molecule has 2 nitrogen and oxygen atoms in total. The smallest absolute Gasteiger partial charge is 0.155 e. The predicted molar refractivity (Wildman–Crippen MR) is 48.5 cm³/mol. The molecule has 0 aliphatic heterocycles. The molecule has 0 unspecified atom stereocenters. The lowest BCUT2D eigenvalue weighted by molar-refractivity contribution is 0.413. The minimum Gasteiger partial charge on any atom is -0.494 e. The normalized spacial score (nSPS) is 9.50. The minimum absolute atomic E-state index is 0.599. The molecule has 1 aromatic heterocycles. The van der Waals surface area contributed by atoms with Crippen molar-refractivity contribution in [2.24, 2.45) is 0 Å². The van der Waals surface area contributed by atoms with E-state index in [9.17, 15) is 0 Å². The molecule has 4 heteroatoms. The first-order valence-electron chi connectivity index (χ1n) is 2.59. The van der Waals surface area contributed by atoms with Crippen molar-refractivity contribution in [3.63, 3.8) is 0 Å². The highest BCUT2D eigenvalue weighted by Gasteiger charge is 1.99. The zero-order chi connectivity index (χ0) is 7.56. The van der Waals surface area contributed by atoms with Crippen molar-refractivity contribution >= 4 is 34.2 Å². The van der Waals surface area contributed by atoms with Gasteiger partial charge in [0.05, 0.1) is 18.3 Å². The third-order valence-electron chi connectivity index (χ3n) is 1.01. The Kier molecular flexibility index (Phi) is 2.73. The van der Waals surface area contributed by atoms with E-state index in [1.165, 1.54) is 0 Å². The molecule has 1 aromatic rings. The molecule has 0 spiro atoms. The van der Waals surface area contributed by atoms with Crippen LogP contribution in [0.3, 0.4) is 0 Å². The molecule has 1 heterocycles. The van der Waals surface area contributed by atoms with Gasteiger partial charge in [-0.3, -0.25) is 0 Å². The summed E-state index contributed by atoms with van der Waals surface area (Å²) in [6, 6.07) is 1.75. The van der Waals surface area contributed by atoms with E-state index in [1.54, 1.807) is 19.4 Å². The van der Waals surface area contributed by atoms with Crippen LogP contribution in [0.5, 0.6) is 5.75 Å². The van der Waals surface area contributed by atoms with E-state index in [1.807, 2.05) is 0 Å². The van der Waals surface area contributed by atoms with Crippen LogP contribution in [0.25, 0.3) is 0 Å². The Morgan fingerprint density at radius 2 is 2.40 bits per heavy atom. The van der Waals surface area contributed by atoms with Gasteiger partial charge in [-0.25, -0.2) is 4.98 Å². The average molecular weight is 269 g/mol. The van der Waals surface area contributed by atoms with E-state index < -0.39 is 0 Å². The van der Waals surface area contributed by atoms with Gasteiger partial charge in [-0.05, 0) is 28.7 Å². The number of ether oxygens (including phenoxy) is 1. The minimum atomic E-state index is 0.599. The fraction of sp³-hybridized carbons (Fsp3) is 0.167. The maximum absolute atomic E-state index is 5.76. The zero-order valence-corrected chi connectivity index (χ0v) is 8.18. The van der Waals surface area contributed by atoms with E-state index in [2.05, 4.69) is 27.6 Å². The van der Waals surface area contributed by atoms with Crippen LogP contribution in [0.15, 0.2) is 12.3 Å². The van der Waals surface area contributed by atoms with Crippen molar-refractivity contribution in [3.05, 3.63) is 21.0 Å². The molecule has 0 atom stereocenters. The largest absolute Gasteiger partial charge is 0.494 e. The number of methoxy groups -OCH3 is 1. The quantitative estimate of drug-likeness (QED) is 0.577. The Labute approximate surface area is 77.7 Å². The zero-order valence-electron chi connectivity index (χ0n) is 5.27. The fourth-order valence-electron chi connectivity index (χ4n) is 0.545. The van der Waals surface area contributed by atoms with Crippen LogP contribution in [0.1, 0.15) is 0 Å². The molecule has 0 aliphatic carbocycles. The Hall–Kier alpha value is -0.0300. The van der Waals surface area contributed by atoms with Gasteiger partial charge in [-0.1, -0.05) is 11.6 Å². The number of hydrogen-bond acceptors (Lipinski definition) is 2. The number of aromatic nitrogens is 1. The summed E-state index contributed by atoms with van der Waals surface area (Å²) in [5.41, 5.74) is 0. The van der Waals surface area contributed by atoms with Gasteiger partial charge in [0.1, 0.15) is 3.70 Å². The lowest BCUT2D eigenvalue weighted by Crippen LogP contribution is -1.86.